The van der Waals surface area contributed by atoms with Gasteiger partial charge in [-0.2, -0.15) is 0 Å². The summed E-state index contributed by atoms with van der Waals surface area (Å²) >= 11 is 0. The maximum atomic E-state index is 5.54. The van der Waals surface area contributed by atoms with Gasteiger partial charge in [-0.1, -0.05) is 26.0 Å². The number of anilines is 1. The summed E-state index contributed by atoms with van der Waals surface area (Å²) in [4.78, 5) is 9.13. The number of hydrogen-bond donors (Lipinski definition) is 1. The van der Waals surface area contributed by atoms with Crippen LogP contribution in [0.4, 0.5) is 5.82 Å². The van der Waals surface area contributed by atoms with E-state index in [1.54, 1.807) is 0 Å². The molecule has 0 aliphatic carbocycles. The van der Waals surface area contributed by atoms with Gasteiger partial charge in [0.05, 0.1) is 12.3 Å². The van der Waals surface area contributed by atoms with Crippen LogP contribution in [0, 0.1) is 0 Å². The summed E-state index contributed by atoms with van der Waals surface area (Å²) < 4.78 is 5.54. The molecule has 4 heteroatoms. The Balaban J connectivity index is 2.45. The Hall–Kier alpha value is -2.10. The van der Waals surface area contributed by atoms with E-state index in [-0.39, 0.29) is 5.92 Å². The highest BCUT2D eigenvalue weighted by Crippen LogP contribution is 2.25. The minimum absolute atomic E-state index is 0.289. The molecule has 2 aromatic rings. The molecule has 0 radical (unpaired) electrons. The van der Waals surface area contributed by atoms with E-state index in [9.17, 15) is 0 Å². The van der Waals surface area contributed by atoms with E-state index in [1.165, 1.54) is 0 Å². The summed E-state index contributed by atoms with van der Waals surface area (Å²) in [6.45, 7) is 6.82. The van der Waals surface area contributed by atoms with Crippen molar-refractivity contribution in [1.29, 1.82) is 0 Å². The van der Waals surface area contributed by atoms with Crippen LogP contribution in [-0.2, 0) is 0 Å². The molecule has 0 saturated heterocycles. The fraction of sp³-hybridized carbons (Fsp3) is 0.375. The number of hydrogen-bond acceptors (Lipinski definition) is 4. The monoisotopic (exact) mass is 271 g/mol. The van der Waals surface area contributed by atoms with E-state index in [0.717, 1.165) is 28.6 Å². The lowest BCUT2D eigenvalue weighted by molar-refractivity contribution is 0.340. The highest BCUT2D eigenvalue weighted by molar-refractivity contribution is 5.64. The van der Waals surface area contributed by atoms with Gasteiger partial charge in [0.15, 0.2) is 0 Å². The molecule has 20 heavy (non-hydrogen) atoms. The number of rotatable bonds is 5. The molecule has 0 aliphatic rings. The van der Waals surface area contributed by atoms with Gasteiger partial charge in [-0.3, -0.25) is 0 Å². The highest BCUT2D eigenvalue weighted by Gasteiger charge is 2.09. The van der Waals surface area contributed by atoms with Gasteiger partial charge in [0.25, 0.3) is 0 Å². The first-order chi connectivity index (χ1) is 9.63. The SMILES string of the molecule is CCOc1cccc(-c2cc(NC)nc(C(C)C)n2)c1. The smallest absolute Gasteiger partial charge is 0.133 e. The van der Waals surface area contributed by atoms with Crippen molar-refractivity contribution in [2.24, 2.45) is 0 Å². The Morgan fingerprint density at radius 2 is 2.00 bits per heavy atom. The van der Waals surface area contributed by atoms with Gasteiger partial charge in [0, 0.05) is 24.6 Å². The number of nitrogens with one attached hydrogen (secondary N) is 1. The van der Waals surface area contributed by atoms with E-state index in [2.05, 4.69) is 29.1 Å². The van der Waals surface area contributed by atoms with E-state index in [4.69, 9.17) is 4.74 Å². The Morgan fingerprint density at radius 3 is 2.65 bits per heavy atom. The lowest BCUT2D eigenvalue weighted by atomic mass is 10.1. The molecule has 0 fully saturated rings. The summed E-state index contributed by atoms with van der Waals surface area (Å²) in [6, 6.07) is 9.94. The zero-order valence-electron chi connectivity index (χ0n) is 12.5. The van der Waals surface area contributed by atoms with Gasteiger partial charge < -0.3 is 10.1 Å². The third-order valence-electron chi connectivity index (χ3n) is 2.96. The second-order valence-electron chi connectivity index (χ2n) is 4.86. The molecule has 1 aromatic carbocycles. The van der Waals surface area contributed by atoms with Crippen LogP contribution < -0.4 is 10.1 Å². The molecule has 0 atom stereocenters. The Labute approximate surface area is 120 Å². The van der Waals surface area contributed by atoms with Gasteiger partial charge in [-0.05, 0) is 19.1 Å². The molecule has 0 amide bonds. The van der Waals surface area contributed by atoms with E-state index < -0.39 is 0 Å². The summed E-state index contributed by atoms with van der Waals surface area (Å²) in [5.74, 6) is 2.83. The molecule has 106 valence electrons. The summed E-state index contributed by atoms with van der Waals surface area (Å²) in [5.41, 5.74) is 1.95. The summed E-state index contributed by atoms with van der Waals surface area (Å²) in [5, 5.41) is 3.09. The van der Waals surface area contributed by atoms with Gasteiger partial charge >= 0.3 is 0 Å². The first-order valence-electron chi connectivity index (χ1n) is 6.94. The average Bonchev–Trinajstić information content (AvgIpc) is 2.47. The standard InChI is InChI=1S/C16H21N3O/c1-5-20-13-8-6-7-12(9-13)14-10-15(17-4)19-16(18-14)11(2)3/h6-11H,5H2,1-4H3,(H,17,18,19). The van der Waals surface area contributed by atoms with Gasteiger partial charge in [0.1, 0.15) is 17.4 Å². The molecule has 2 rings (SSSR count). The van der Waals surface area contributed by atoms with Gasteiger partial charge in [-0.25, -0.2) is 9.97 Å². The Bertz CT molecular complexity index is 582. The van der Waals surface area contributed by atoms with Crippen LogP contribution in [0.25, 0.3) is 11.3 Å². The minimum Gasteiger partial charge on any atom is -0.494 e. The van der Waals surface area contributed by atoms with E-state index in [1.807, 2.05) is 44.3 Å². The largest absolute Gasteiger partial charge is 0.494 e. The maximum absolute atomic E-state index is 5.54. The van der Waals surface area contributed by atoms with Crippen LogP contribution in [-0.4, -0.2) is 23.6 Å². The normalized spacial score (nSPS) is 10.7. The Morgan fingerprint density at radius 1 is 1.20 bits per heavy atom. The topological polar surface area (TPSA) is 47.0 Å². The van der Waals surface area contributed by atoms with Crippen molar-refractivity contribution in [3.05, 3.63) is 36.2 Å². The van der Waals surface area contributed by atoms with Crippen LogP contribution in [0.1, 0.15) is 32.5 Å². The van der Waals surface area contributed by atoms with Crippen LogP contribution in [0.3, 0.4) is 0 Å². The molecule has 0 unspecified atom stereocenters. The molecular weight excluding hydrogens is 250 g/mol. The first kappa shape index (κ1) is 14.3. The van der Waals surface area contributed by atoms with Crippen molar-refractivity contribution in [2.75, 3.05) is 19.0 Å². The second-order valence-corrected chi connectivity index (χ2v) is 4.86. The second kappa shape index (κ2) is 6.37. The fourth-order valence-electron chi connectivity index (χ4n) is 1.91. The number of aromatic nitrogens is 2. The van der Waals surface area contributed by atoms with Crippen molar-refractivity contribution in [3.63, 3.8) is 0 Å². The predicted octanol–water partition coefficient (Wildman–Crippen LogP) is 3.71. The third-order valence-corrected chi connectivity index (χ3v) is 2.96. The lowest BCUT2D eigenvalue weighted by Gasteiger charge is -2.11. The molecule has 0 bridgehead atoms. The average molecular weight is 271 g/mol. The van der Waals surface area contributed by atoms with Crippen LogP contribution in [0.5, 0.6) is 5.75 Å². The first-order valence-corrected chi connectivity index (χ1v) is 6.94. The van der Waals surface area contributed by atoms with Crippen LogP contribution in [0.2, 0.25) is 0 Å². The van der Waals surface area contributed by atoms with Crippen molar-refractivity contribution >= 4 is 5.82 Å². The molecule has 0 aliphatic heterocycles. The van der Waals surface area contributed by atoms with E-state index in [0.29, 0.717) is 6.61 Å². The lowest BCUT2D eigenvalue weighted by Crippen LogP contribution is -2.03. The predicted molar refractivity (Wildman–Crippen MR) is 82.3 cm³/mol. The molecule has 0 saturated carbocycles. The van der Waals surface area contributed by atoms with Crippen LogP contribution >= 0.6 is 0 Å². The number of ether oxygens (including phenoxy) is 1. The number of nitrogens with zero attached hydrogens (tertiary/aromatic N) is 2. The molecule has 1 heterocycles. The molecule has 1 aromatic heterocycles. The third kappa shape index (κ3) is 3.26. The quantitative estimate of drug-likeness (QED) is 0.900. The van der Waals surface area contributed by atoms with Crippen molar-refractivity contribution in [1.82, 2.24) is 9.97 Å². The zero-order valence-corrected chi connectivity index (χ0v) is 12.5. The summed E-state index contributed by atoms with van der Waals surface area (Å²) in [6.07, 6.45) is 0. The molecule has 1 N–H and O–H groups in total. The van der Waals surface area contributed by atoms with Crippen LogP contribution in [0.15, 0.2) is 30.3 Å². The summed E-state index contributed by atoms with van der Waals surface area (Å²) in [7, 11) is 1.87. The molecular formula is C16H21N3O. The van der Waals surface area contributed by atoms with Gasteiger partial charge in [-0.15, -0.1) is 0 Å². The van der Waals surface area contributed by atoms with Gasteiger partial charge in [0.2, 0.25) is 0 Å². The van der Waals surface area contributed by atoms with Crippen molar-refractivity contribution in [3.8, 4) is 17.0 Å². The molecule has 0 spiro atoms. The minimum atomic E-state index is 0.289. The van der Waals surface area contributed by atoms with Crippen molar-refractivity contribution in [2.45, 2.75) is 26.7 Å². The van der Waals surface area contributed by atoms with E-state index >= 15 is 0 Å². The zero-order chi connectivity index (χ0) is 14.5. The molecule has 4 nitrogen and oxygen atoms in total. The number of benzene rings is 1. The van der Waals surface area contributed by atoms with Crippen molar-refractivity contribution < 1.29 is 4.74 Å². The fourth-order valence-corrected chi connectivity index (χ4v) is 1.91. The maximum Gasteiger partial charge on any atom is 0.133 e. The highest BCUT2D eigenvalue weighted by atomic mass is 16.5. The Kier molecular flexibility index (Phi) is 4.56.